The molecule has 0 spiro atoms. The Hall–Kier alpha value is -1.89. The topological polar surface area (TPSA) is 54.9 Å². The standard InChI is InChI=1S/C17H14ClN3OS2/c1-11-5-7-12(8-6-11)10-23-17-21-20-16(24-17)19-15(22)13-3-2-4-14(18)9-13/h2-9H,10H2,1H3,(H,19,20,22). The van der Waals surface area contributed by atoms with Gasteiger partial charge in [-0.15, -0.1) is 10.2 Å². The lowest BCUT2D eigenvalue weighted by Gasteiger charge is -2.01. The van der Waals surface area contributed by atoms with Crippen LogP contribution in [0, 0.1) is 6.92 Å². The lowest BCUT2D eigenvalue weighted by molar-refractivity contribution is 0.102. The van der Waals surface area contributed by atoms with Gasteiger partial charge in [0.2, 0.25) is 5.13 Å². The van der Waals surface area contributed by atoms with Crippen LogP contribution in [0.1, 0.15) is 21.5 Å². The zero-order valence-corrected chi connectivity index (χ0v) is 15.2. The van der Waals surface area contributed by atoms with Crippen LogP contribution < -0.4 is 5.32 Å². The fraction of sp³-hybridized carbons (Fsp3) is 0.118. The number of carbonyl (C=O) groups is 1. The first-order valence-corrected chi connectivity index (χ1v) is 9.37. The van der Waals surface area contributed by atoms with Crippen molar-refractivity contribution in [2.75, 3.05) is 5.32 Å². The Morgan fingerprint density at radius 3 is 2.75 bits per heavy atom. The Kier molecular flexibility index (Phi) is 5.50. The average molecular weight is 376 g/mol. The summed E-state index contributed by atoms with van der Waals surface area (Å²) in [6.07, 6.45) is 0. The lowest BCUT2D eigenvalue weighted by atomic mass is 10.2. The van der Waals surface area contributed by atoms with Crippen molar-refractivity contribution < 1.29 is 4.79 Å². The maximum absolute atomic E-state index is 12.1. The monoisotopic (exact) mass is 375 g/mol. The number of hydrogen-bond donors (Lipinski definition) is 1. The number of aromatic nitrogens is 2. The Labute approximate surface area is 153 Å². The first-order valence-electron chi connectivity index (χ1n) is 7.19. The van der Waals surface area contributed by atoms with Gasteiger partial charge in [-0.05, 0) is 30.7 Å². The number of nitrogens with one attached hydrogen (secondary N) is 1. The molecule has 3 rings (SSSR count). The van der Waals surface area contributed by atoms with Crippen molar-refractivity contribution in [2.24, 2.45) is 0 Å². The van der Waals surface area contributed by atoms with Gasteiger partial charge in [-0.1, -0.05) is 70.6 Å². The molecule has 1 amide bonds. The molecule has 2 aromatic carbocycles. The van der Waals surface area contributed by atoms with Crippen LogP contribution in [-0.4, -0.2) is 16.1 Å². The van der Waals surface area contributed by atoms with E-state index < -0.39 is 0 Å². The van der Waals surface area contributed by atoms with Crippen molar-refractivity contribution in [2.45, 2.75) is 17.0 Å². The normalized spacial score (nSPS) is 10.6. The molecule has 0 fully saturated rings. The minimum absolute atomic E-state index is 0.247. The summed E-state index contributed by atoms with van der Waals surface area (Å²) >= 11 is 8.85. The maximum Gasteiger partial charge on any atom is 0.257 e. The zero-order valence-electron chi connectivity index (χ0n) is 12.8. The highest BCUT2D eigenvalue weighted by atomic mass is 35.5. The van der Waals surface area contributed by atoms with Crippen molar-refractivity contribution >= 4 is 45.7 Å². The van der Waals surface area contributed by atoms with E-state index >= 15 is 0 Å². The molecule has 1 heterocycles. The molecule has 4 nitrogen and oxygen atoms in total. The Morgan fingerprint density at radius 2 is 2.00 bits per heavy atom. The maximum atomic E-state index is 12.1. The molecule has 122 valence electrons. The number of amides is 1. The van der Waals surface area contributed by atoms with Crippen LogP contribution in [0.15, 0.2) is 52.9 Å². The van der Waals surface area contributed by atoms with Crippen molar-refractivity contribution in [3.8, 4) is 0 Å². The fourth-order valence-electron chi connectivity index (χ4n) is 1.95. The number of thioether (sulfide) groups is 1. The summed E-state index contributed by atoms with van der Waals surface area (Å²) < 4.78 is 0.817. The van der Waals surface area contributed by atoms with Gasteiger partial charge in [-0.3, -0.25) is 10.1 Å². The van der Waals surface area contributed by atoms with Crippen molar-refractivity contribution in [3.05, 3.63) is 70.2 Å². The minimum atomic E-state index is -0.247. The van der Waals surface area contributed by atoms with E-state index in [4.69, 9.17) is 11.6 Å². The molecule has 24 heavy (non-hydrogen) atoms. The third kappa shape index (κ3) is 4.56. The number of anilines is 1. The number of hydrogen-bond acceptors (Lipinski definition) is 5. The van der Waals surface area contributed by atoms with Gasteiger partial charge < -0.3 is 0 Å². The molecule has 0 aliphatic heterocycles. The van der Waals surface area contributed by atoms with E-state index in [0.717, 1.165) is 10.1 Å². The SMILES string of the molecule is Cc1ccc(CSc2nnc(NC(=O)c3cccc(Cl)c3)s2)cc1. The number of nitrogens with zero attached hydrogens (tertiary/aromatic N) is 2. The van der Waals surface area contributed by atoms with Crippen molar-refractivity contribution in [1.29, 1.82) is 0 Å². The highest BCUT2D eigenvalue weighted by molar-refractivity contribution is 8.00. The Morgan fingerprint density at radius 1 is 1.21 bits per heavy atom. The van der Waals surface area contributed by atoms with Crippen LogP contribution in [0.25, 0.3) is 0 Å². The molecule has 0 unspecified atom stereocenters. The van der Waals surface area contributed by atoms with Gasteiger partial charge >= 0.3 is 0 Å². The summed E-state index contributed by atoms with van der Waals surface area (Å²) in [5.41, 5.74) is 2.96. The van der Waals surface area contributed by atoms with Gasteiger partial charge in [0.15, 0.2) is 4.34 Å². The van der Waals surface area contributed by atoms with Crippen molar-refractivity contribution in [1.82, 2.24) is 10.2 Å². The van der Waals surface area contributed by atoms with E-state index in [9.17, 15) is 4.79 Å². The number of carbonyl (C=O) groups excluding carboxylic acids is 1. The quantitative estimate of drug-likeness (QED) is 0.501. The second-order valence-electron chi connectivity index (χ2n) is 5.11. The van der Waals surface area contributed by atoms with Crippen LogP contribution in [0.4, 0.5) is 5.13 Å². The highest BCUT2D eigenvalue weighted by Gasteiger charge is 2.11. The second kappa shape index (κ2) is 7.79. The predicted molar refractivity (Wildman–Crippen MR) is 100 cm³/mol. The molecule has 0 atom stereocenters. The molecule has 0 saturated heterocycles. The molecule has 3 aromatic rings. The Bertz CT molecular complexity index is 849. The highest BCUT2D eigenvalue weighted by Crippen LogP contribution is 2.28. The average Bonchev–Trinajstić information content (AvgIpc) is 3.02. The van der Waals surface area contributed by atoms with Gasteiger partial charge in [-0.2, -0.15) is 0 Å². The van der Waals surface area contributed by atoms with Gasteiger partial charge in [0, 0.05) is 16.3 Å². The van der Waals surface area contributed by atoms with Crippen LogP contribution in [0.3, 0.4) is 0 Å². The molecule has 0 bridgehead atoms. The van der Waals surface area contributed by atoms with Crippen molar-refractivity contribution in [3.63, 3.8) is 0 Å². The van der Waals surface area contributed by atoms with Crippen LogP contribution >= 0.6 is 34.7 Å². The molecule has 0 saturated carbocycles. The number of benzene rings is 2. The summed E-state index contributed by atoms with van der Waals surface area (Å²) in [5, 5.41) is 11.9. The number of aryl methyl sites for hydroxylation is 1. The van der Waals surface area contributed by atoms with Gasteiger partial charge in [0.25, 0.3) is 5.91 Å². The van der Waals surface area contributed by atoms with Gasteiger partial charge in [0.05, 0.1) is 0 Å². The van der Waals surface area contributed by atoms with E-state index in [0.29, 0.717) is 15.7 Å². The molecule has 1 N–H and O–H groups in total. The van der Waals surface area contributed by atoms with Crippen LogP contribution in [-0.2, 0) is 5.75 Å². The summed E-state index contributed by atoms with van der Waals surface area (Å²) in [6, 6.07) is 15.2. The summed E-state index contributed by atoms with van der Waals surface area (Å²) in [5.74, 6) is 0.570. The lowest BCUT2D eigenvalue weighted by Crippen LogP contribution is -2.11. The van der Waals surface area contributed by atoms with E-state index in [1.54, 1.807) is 36.0 Å². The van der Waals surface area contributed by atoms with E-state index in [1.165, 1.54) is 22.5 Å². The van der Waals surface area contributed by atoms with Gasteiger partial charge in [-0.25, -0.2) is 0 Å². The van der Waals surface area contributed by atoms with E-state index in [1.807, 2.05) is 0 Å². The van der Waals surface area contributed by atoms with Crippen LogP contribution in [0.5, 0.6) is 0 Å². The molecule has 7 heteroatoms. The first kappa shape index (κ1) is 17.0. The smallest absolute Gasteiger partial charge is 0.257 e. The third-order valence-corrected chi connectivity index (χ3v) is 5.47. The molecule has 0 aliphatic carbocycles. The molecular weight excluding hydrogens is 362 g/mol. The molecular formula is C17H14ClN3OS2. The minimum Gasteiger partial charge on any atom is -0.296 e. The zero-order chi connectivity index (χ0) is 16.9. The summed E-state index contributed by atoms with van der Waals surface area (Å²) in [6.45, 7) is 2.07. The number of rotatable bonds is 5. The van der Waals surface area contributed by atoms with E-state index in [-0.39, 0.29) is 5.91 Å². The second-order valence-corrected chi connectivity index (χ2v) is 7.75. The molecule has 0 radical (unpaired) electrons. The number of halogens is 1. The molecule has 0 aliphatic rings. The van der Waals surface area contributed by atoms with Crippen LogP contribution in [0.2, 0.25) is 5.02 Å². The van der Waals surface area contributed by atoms with Gasteiger partial charge in [0.1, 0.15) is 0 Å². The Balaban J connectivity index is 1.59. The summed E-state index contributed by atoms with van der Waals surface area (Å²) in [7, 11) is 0. The predicted octanol–water partition coefficient (Wildman–Crippen LogP) is 5.04. The third-order valence-electron chi connectivity index (χ3n) is 3.20. The molecule has 1 aromatic heterocycles. The van der Waals surface area contributed by atoms with E-state index in [2.05, 4.69) is 46.7 Å². The summed E-state index contributed by atoms with van der Waals surface area (Å²) in [4.78, 5) is 12.1. The first-order chi connectivity index (χ1) is 11.6. The fourth-order valence-corrected chi connectivity index (χ4v) is 3.84. The largest absolute Gasteiger partial charge is 0.296 e.